The molecule has 0 fully saturated rings. The lowest BCUT2D eigenvalue weighted by Gasteiger charge is -2.22. The van der Waals surface area contributed by atoms with E-state index in [0.717, 1.165) is 41.5 Å². The fraction of sp³-hybridized carbons (Fsp3) is 0.471. The molecule has 0 amide bonds. The third kappa shape index (κ3) is 6.17. The van der Waals surface area contributed by atoms with Gasteiger partial charge in [-0.1, -0.05) is 116 Å². The number of benzene rings is 3. The summed E-state index contributed by atoms with van der Waals surface area (Å²) in [5, 5.41) is 1.73. The molecule has 0 bridgehead atoms. The van der Waals surface area contributed by atoms with Crippen LogP contribution < -0.4 is 5.19 Å². The first-order valence-electron chi connectivity index (χ1n) is 14.0. The van der Waals surface area contributed by atoms with Crippen molar-refractivity contribution in [1.82, 2.24) is 0 Å². The van der Waals surface area contributed by atoms with Gasteiger partial charge in [0, 0.05) is 10.6 Å². The second-order valence-corrected chi connectivity index (χ2v) is 11.8. The van der Waals surface area contributed by atoms with Gasteiger partial charge in [0.25, 0.3) is 0 Å². The Bertz CT molecular complexity index is 1120. The van der Waals surface area contributed by atoms with Gasteiger partial charge in [-0.25, -0.2) is 0 Å². The van der Waals surface area contributed by atoms with Crippen LogP contribution in [0.3, 0.4) is 0 Å². The third-order valence-electron chi connectivity index (χ3n) is 8.42. The van der Waals surface area contributed by atoms with E-state index in [0.29, 0.717) is 23.7 Å². The molecule has 0 nitrogen and oxygen atoms in total. The zero-order valence-electron chi connectivity index (χ0n) is 23.6. The number of hydrogen-bond acceptors (Lipinski definition) is 0. The quantitative estimate of drug-likeness (QED) is 0.235. The summed E-state index contributed by atoms with van der Waals surface area (Å²) in [4.78, 5) is 0. The van der Waals surface area contributed by atoms with Crippen LogP contribution in [0.1, 0.15) is 127 Å². The van der Waals surface area contributed by atoms with Crippen LogP contribution in [0, 0.1) is 0 Å². The van der Waals surface area contributed by atoms with Crippen LogP contribution in [0.2, 0.25) is 5.02 Å². The normalized spacial score (nSPS) is 14.9. The van der Waals surface area contributed by atoms with Gasteiger partial charge in [0.15, 0.2) is 0 Å². The lowest BCUT2D eigenvalue weighted by molar-refractivity contribution is 0.711. The molecule has 2 heteroatoms. The second-order valence-electron chi connectivity index (χ2n) is 10.9. The minimum atomic E-state index is 0.507. The van der Waals surface area contributed by atoms with Gasteiger partial charge in [-0.05, 0) is 93.5 Å². The summed E-state index contributed by atoms with van der Waals surface area (Å²) < 4.78 is 0. The molecule has 36 heavy (non-hydrogen) atoms. The Kier molecular flexibility index (Phi) is 10.1. The smallest absolute Gasteiger partial charge is 0.0733 e. The van der Waals surface area contributed by atoms with Gasteiger partial charge in [0.1, 0.15) is 0 Å². The fourth-order valence-electron chi connectivity index (χ4n) is 4.83. The molecule has 0 aliphatic rings. The minimum Gasteiger partial charge on any atom is -0.0838 e. The summed E-state index contributed by atoms with van der Waals surface area (Å²) in [6.45, 7) is 18.4. The van der Waals surface area contributed by atoms with Crippen molar-refractivity contribution in [1.29, 1.82) is 0 Å². The van der Waals surface area contributed by atoms with Gasteiger partial charge >= 0.3 is 0 Å². The van der Waals surface area contributed by atoms with Gasteiger partial charge in [0.05, 0.1) is 10.2 Å². The molecule has 0 aliphatic carbocycles. The summed E-state index contributed by atoms with van der Waals surface area (Å²) in [5.41, 5.74) is 10.5. The maximum Gasteiger partial charge on any atom is 0.0733 e. The molecule has 0 aliphatic heterocycles. The first-order chi connectivity index (χ1) is 17.1. The average molecular weight is 516 g/mol. The first kappa shape index (κ1) is 28.7. The Morgan fingerprint density at radius 2 is 0.944 bits per heavy atom. The average Bonchev–Trinajstić information content (AvgIpc) is 2.91. The lowest BCUT2D eigenvalue weighted by atomic mass is 9.84. The molecule has 3 aromatic rings. The van der Waals surface area contributed by atoms with Crippen LogP contribution >= 0.6 is 11.6 Å². The van der Waals surface area contributed by atoms with E-state index in [9.17, 15) is 0 Å². The summed E-state index contributed by atoms with van der Waals surface area (Å²) in [5.74, 6) is 2.06. The van der Waals surface area contributed by atoms with Crippen molar-refractivity contribution < 1.29 is 0 Å². The van der Waals surface area contributed by atoms with E-state index in [1.54, 1.807) is 0 Å². The Balaban J connectivity index is 2.35. The summed E-state index contributed by atoms with van der Waals surface area (Å²) in [6, 6.07) is 18.8. The van der Waals surface area contributed by atoms with E-state index in [-0.39, 0.29) is 0 Å². The van der Waals surface area contributed by atoms with Gasteiger partial charge in [-0.3, -0.25) is 0 Å². The van der Waals surface area contributed by atoms with Crippen LogP contribution in [-0.2, 0) is 0 Å². The predicted molar refractivity (Wildman–Crippen MR) is 163 cm³/mol. The van der Waals surface area contributed by atoms with E-state index < -0.39 is 0 Å². The summed E-state index contributed by atoms with van der Waals surface area (Å²) in [7, 11) is 3.80. The van der Waals surface area contributed by atoms with Crippen LogP contribution in [0.15, 0.2) is 48.5 Å². The Morgan fingerprint density at radius 3 is 1.31 bits per heavy atom. The highest BCUT2D eigenvalue weighted by molar-refractivity contribution is 6.47. The van der Waals surface area contributed by atoms with Crippen molar-refractivity contribution in [2.75, 3.05) is 0 Å². The SMILES string of the molecule is CCC(C)c1cc(-c2ccc([Si])c(Cl)c2-c2cc(C(C)CC)cc(C(C)CC)c2)cc(C(C)CC)c1. The van der Waals surface area contributed by atoms with E-state index in [1.807, 2.05) is 0 Å². The minimum absolute atomic E-state index is 0.507. The van der Waals surface area contributed by atoms with Gasteiger partial charge in [0.2, 0.25) is 0 Å². The van der Waals surface area contributed by atoms with E-state index in [4.69, 9.17) is 11.6 Å². The number of rotatable bonds is 10. The molecule has 4 unspecified atom stereocenters. The Morgan fingerprint density at radius 1 is 0.583 bits per heavy atom. The van der Waals surface area contributed by atoms with Crippen molar-refractivity contribution in [2.24, 2.45) is 0 Å². The highest BCUT2D eigenvalue weighted by Gasteiger charge is 2.19. The highest BCUT2D eigenvalue weighted by Crippen LogP contribution is 2.41. The molecule has 0 saturated heterocycles. The molecule has 3 radical (unpaired) electrons. The molecule has 4 atom stereocenters. The van der Waals surface area contributed by atoms with Crippen molar-refractivity contribution >= 4 is 27.0 Å². The molecule has 0 N–H and O–H groups in total. The number of halogens is 1. The fourth-order valence-corrected chi connectivity index (χ4v) is 5.31. The Hall–Kier alpha value is -1.83. The molecule has 0 heterocycles. The third-order valence-corrected chi connectivity index (χ3v) is 9.39. The second kappa shape index (κ2) is 12.6. The molecule has 0 spiro atoms. The van der Waals surface area contributed by atoms with E-state index >= 15 is 0 Å². The van der Waals surface area contributed by atoms with Gasteiger partial charge in [-0.2, -0.15) is 0 Å². The topological polar surface area (TPSA) is 0 Å². The van der Waals surface area contributed by atoms with Crippen LogP contribution in [-0.4, -0.2) is 10.2 Å². The Labute approximate surface area is 229 Å². The predicted octanol–water partition coefficient (Wildman–Crippen LogP) is 10.5. The van der Waals surface area contributed by atoms with E-state index in [1.165, 1.54) is 38.9 Å². The zero-order chi connectivity index (χ0) is 26.6. The summed E-state index contributed by atoms with van der Waals surface area (Å²) >= 11 is 7.13. The van der Waals surface area contributed by atoms with Crippen LogP contribution in [0.25, 0.3) is 22.3 Å². The van der Waals surface area contributed by atoms with Crippen molar-refractivity contribution in [3.8, 4) is 22.3 Å². The van der Waals surface area contributed by atoms with Gasteiger partial charge < -0.3 is 0 Å². The molecule has 0 saturated carbocycles. The molecule has 0 aromatic heterocycles. The van der Waals surface area contributed by atoms with Crippen LogP contribution in [0.4, 0.5) is 0 Å². The monoisotopic (exact) mass is 515 g/mol. The lowest BCUT2D eigenvalue weighted by Crippen LogP contribution is -2.07. The molecular formula is C34H44ClSi. The molecular weight excluding hydrogens is 472 g/mol. The van der Waals surface area contributed by atoms with Crippen molar-refractivity contribution in [3.63, 3.8) is 0 Å². The molecule has 191 valence electrons. The molecule has 3 rings (SSSR count). The first-order valence-corrected chi connectivity index (χ1v) is 14.9. The number of hydrogen-bond donors (Lipinski definition) is 0. The molecule has 3 aromatic carbocycles. The van der Waals surface area contributed by atoms with Gasteiger partial charge in [-0.15, -0.1) is 0 Å². The van der Waals surface area contributed by atoms with E-state index in [2.05, 4.69) is 114 Å². The van der Waals surface area contributed by atoms with Crippen molar-refractivity contribution in [2.45, 2.75) is 105 Å². The largest absolute Gasteiger partial charge is 0.0838 e. The summed E-state index contributed by atoms with van der Waals surface area (Å²) in [6.07, 6.45) is 4.51. The maximum absolute atomic E-state index is 7.13. The van der Waals surface area contributed by atoms with Crippen molar-refractivity contribution in [3.05, 3.63) is 75.8 Å². The standard InChI is InChI=1S/C34H44ClSi/c1-9-21(5)25-15-26(22(6)10-2)18-29(17-25)31-13-14-32(36)34(35)33(31)30-19-27(23(7)11-3)16-28(20-30)24(8)12-4/h13-24H,9-12H2,1-8H3. The zero-order valence-corrected chi connectivity index (χ0v) is 25.4. The highest BCUT2D eigenvalue weighted by atomic mass is 35.5. The maximum atomic E-state index is 7.13. The van der Waals surface area contributed by atoms with Crippen LogP contribution in [0.5, 0.6) is 0 Å².